The molecule has 0 amide bonds. The molecule has 0 unspecified atom stereocenters. The van der Waals surface area contributed by atoms with Crippen LogP contribution in [0.4, 0.5) is 11.5 Å². The number of benzene rings is 1. The fourth-order valence-electron chi connectivity index (χ4n) is 1.57. The lowest BCUT2D eigenvalue weighted by molar-refractivity contribution is -0.384. The molecule has 0 bridgehead atoms. The molecule has 0 atom stereocenters. The zero-order chi connectivity index (χ0) is 15.4. The molecular weight excluding hydrogens is 282 g/mol. The molecule has 0 radical (unpaired) electrons. The summed E-state index contributed by atoms with van der Waals surface area (Å²) in [6, 6.07) is 5.33. The van der Waals surface area contributed by atoms with Crippen molar-refractivity contribution in [1.29, 1.82) is 0 Å². The number of hydrogen-bond acceptors (Lipinski definition) is 7. The van der Waals surface area contributed by atoms with Gasteiger partial charge in [-0.2, -0.15) is 0 Å². The van der Waals surface area contributed by atoms with Gasteiger partial charge in [-0.1, -0.05) is 0 Å². The van der Waals surface area contributed by atoms with Gasteiger partial charge in [-0.15, -0.1) is 15.0 Å². The average molecular weight is 293 g/mol. The normalized spacial score (nSPS) is 10.3. The van der Waals surface area contributed by atoms with E-state index in [1.54, 1.807) is 0 Å². The first kappa shape index (κ1) is 14.4. The molecule has 0 aliphatic heterocycles. The van der Waals surface area contributed by atoms with Gasteiger partial charge >= 0.3 is 5.97 Å². The summed E-state index contributed by atoms with van der Waals surface area (Å²) in [7, 11) is 0. The minimum absolute atomic E-state index is 0.00917. The summed E-state index contributed by atoms with van der Waals surface area (Å²) in [6.07, 6.45) is 0. The summed E-state index contributed by atoms with van der Waals surface area (Å²) in [5, 5.41) is 38.7. The van der Waals surface area contributed by atoms with Crippen LogP contribution in [0.5, 0.6) is 0 Å². The van der Waals surface area contributed by atoms with Gasteiger partial charge in [0.2, 0.25) is 5.69 Å². The number of carboxylic acid groups (broad SMARTS) is 1. The number of anilines is 1. The molecule has 1 aromatic heterocycles. The summed E-state index contributed by atoms with van der Waals surface area (Å²) >= 11 is 0. The number of hydrogen-bond donors (Lipinski definition) is 3. The van der Waals surface area contributed by atoms with Crippen LogP contribution in [0.25, 0.3) is 5.69 Å². The Bertz CT molecular complexity index is 666. The van der Waals surface area contributed by atoms with E-state index in [2.05, 4.69) is 15.5 Å². The number of aromatic nitrogens is 3. The van der Waals surface area contributed by atoms with E-state index in [0.717, 1.165) is 4.80 Å². The van der Waals surface area contributed by atoms with Crippen molar-refractivity contribution in [1.82, 2.24) is 15.0 Å². The predicted octanol–water partition coefficient (Wildman–Crippen LogP) is 0.278. The van der Waals surface area contributed by atoms with Crippen molar-refractivity contribution in [2.45, 2.75) is 0 Å². The first-order chi connectivity index (χ1) is 10.0. The summed E-state index contributed by atoms with van der Waals surface area (Å²) in [5.74, 6) is -1.27. The lowest BCUT2D eigenvalue weighted by Crippen LogP contribution is -2.09. The summed E-state index contributed by atoms with van der Waals surface area (Å²) < 4.78 is 0. The molecule has 1 aromatic carbocycles. The van der Waals surface area contributed by atoms with E-state index in [1.165, 1.54) is 24.3 Å². The lowest BCUT2D eigenvalue weighted by Gasteiger charge is -1.99. The van der Waals surface area contributed by atoms with Crippen molar-refractivity contribution >= 4 is 17.5 Å². The van der Waals surface area contributed by atoms with Crippen LogP contribution in [0.1, 0.15) is 10.5 Å². The Kier molecular flexibility index (Phi) is 4.09. The highest BCUT2D eigenvalue weighted by Gasteiger charge is 2.18. The van der Waals surface area contributed by atoms with E-state index in [4.69, 9.17) is 10.2 Å². The highest BCUT2D eigenvalue weighted by Crippen LogP contribution is 2.16. The molecular formula is C11H11N5O5. The van der Waals surface area contributed by atoms with Crippen LogP contribution in [0.3, 0.4) is 0 Å². The molecule has 2 rings (SSSR count). The number of nitro groups is 1. The smallest absolute Gasteiger partial charge is 0.360 e. The van der Waals surface area contributed by atoms with Crippen molar-refractivity contribution in [3.63, 3.8) is 0 Å². The summed E-state index contributed by atoms with van der Waals surface area (Å²) in [6.45, 7) is -0.0668. The molecule has 0 aliphatic carbocycles. The summed E-state index contributed by atoms with van der Waals surface area (Å²) in [5.41, 5.74) is -0.0232. The van der Waals surface area contributed by atoms with Gasteiger partial charge in [0, 0.05) is 18.7 Å². The molecule has 0 spiro atoms. The van der Waals surface area contributed by atoms with E-state index in [1.807, 2.05) is 0 Å². The molecule has 1 heterocycles. The Morgan fingerprint density at radius 2 is 2.00 bits per heavy atom. The number of non-ortho nitro benzene ring substituents is 1. The Hall–Kier alpha value is -3.01. The maximum Gasteiger partial charge on any atom is 0.360 e. The second kappa shape index (κ2) is 5.96. The van der Waals surface area contributed by atoms with Crippen molar-refractivity contribution in [3.8, 4) is 5.69 Å². The molecule has 0 saturated carbocycles. The van der Waals surface area contributed by atoms with Crippen LogP contribution in [0.2, 0.25) is 0 Å². The summed E-state index contributed by atoms with van der Waals surface area (Å²) in [4.78, 5) is 22.1. The first-order valence-electron chi connectivity index (χ1n) is 5.83. The van der Waals surface area contributed by atoms with Crippen LogP contribution in [0, 0.1) is 10.1 Å². The Morgan fingerprint density at radius 1 is 1.33 bits per heavy atom. The van der Waals surface area contributed by atoms with Gasteiger partial charge in [-0.3, -0.25) is 10.1 Å². The third-order valence-electron chi connectivity index (χ3n) is 2.51. The number of nitro benzene ring substituents is 1. The van der Waals surface area contributed by atoms with Crippen LogP contribution >= 0.6 is 0 Å². The third-order valence-corrected chi connectivity index (χ3v) is 2.51. The molecule has 10 nitrogen and oxygen atoms in total. The highest BCUT2D eigenvalue weighted by atomic mass is 16.6. The monoisotopic (exact) mass is 293 g/mol. The highest BCUT2D eigenvalue weighted by molar-refractivity contribution is 5.90. The largest absolute Gasteiger partial charge is 0.476 e. The number of aromatic carboxylic acids is 1. The van der Waals surface area contributed by atoms with E-state index in [9.17, 15) is 14.9 Å². The van der Waals surface area contributed by atoms with Crippen LogP contribution in [-0.2, 0) is 0 Å². The third kappa shape index (κ3) is 3.12. The van der Waals surface area contributed by atoms with Gasteiger partial charge in [-0.05, 0) is 12.1 Å². The maximum absolute atomic E-state index is 11.1. The molecule has 0 saturated heterocycles. The topological polar surface area (TPSA) is 143 Å². The minimum Gasteiger partial charge on any atom is -0.476 e. The van der Waals surface area contributed by atoms with Crippen molar-refractivity contribution in [3.05, 3.63) is 40.1 Å². The van der Waals surface area contributed by atoms with Gasteiger partial charge in [0.05, 0.1) is 17.2 Å². The van der Waals surface area contributed by atoms with E-state index in [-0.39, 0.29) is 30.4 Å². The van der Waals surface area contributed by atoms with Gasteiger partial charge in [0.1, 0.15) is 0 Å². The second-order valence-corrected chi connectivity index (χ2v) is 3.92. The SMILES string of the molecule is O=C(O)c1nn(-c2ccc([N+](=O)[O-])cc2)nc1NCCO. The quantitative estimate of drug-likeness (QED) is 0.508. The zero-order valence-corrected chi connectivity index (χ0v) is 10.6. The average Bonchev–Trinajstić information content (AvgIpc) is 2.89. The number of aliphatic hydroxyl groups is 1. The molecule has 2 aromatic rings. The van der Waals surface area contributed by atoms with Crippen molar-refractivity contribution in [2.75, 3.05) is 18.5 Å². The molecule has 21 heavy (non-hydrogen) atoms. The van der Waals surface area contributed by atoms with Gasteiger partial charge in [0.25, 0.3) is 5.69 Å². The van der Waals surface area contributed by atoms with E-state index in [0.29, 0.717) is 5.69 Å². The first-order valence-corrected chi connectivity index (χ1v) is 5.83. The minimum atomic E-state index is -1.27. The van der Waals surface area contributed by atoms with Crippen LogP contribution < -0.4 is 5.32 Å². The van der Waals surface area contributed by atoms with Crippen molar-refractivity contribution in [2.24, 2.45) is 0 Å². The van der Waals surface area contributed by atoms with Crippen LogP contribution in [-0.4, -0.2) is 49.3 Å². The van der Waals surface area contributed by atoms with Gasteiger partial charge in [0.15, 0.2) is 5.82 Å². The molecule has 0 fully saturated rings. The van der Waals surface area contributed by atoms with E-state index >= 15 is 0 Å². The molecule has 10 heteroatoms. The number of rotatable bonds is 6. The van der Waals surface area contributed by atoms with Crippen LogP contribution in [0.15, 0.2) is 24.3 Å². The fourth-order valence-corrected chi connectivity index (χ4v) is 1.57. The zero-order valence-electron chi connectivity index (χ0n) is 10.6. The lowest BCUT2D eigenvalue weighted by atomic mass is 10.3. The fraction of sp³-hybridized carbons (Fsp3) is 0.182. The Balaban J connectivity index is 2.35. The van der Waals surface area contributed by atoms with Gasteiger partial charge in [-0.25, -0.2) is 4.79 Å². The molecule has 3 N–H and O–H groups in total. The second-order valence-electron chi connectivity index (χ2n) is 3.92. The van der Waals surface area contributed by atoms with Crippen molar-refractivity contribution < 1.29 is 19.9 Å². The predicted molar refractivity (Wildman–Crippen MR) is 70.5 cm³/mol. The Labute approximate surface area is 117 Å². The molecule has 0 aliphatic rings. The van der Waals surface area contributed by atoms with Gasteiger partial charge < -0.3 is 15.5 Å². The maximum atomic E-state index is 11.1. The van der Waals surface area contributed by atoms with E-state index < -0.39 is 10.9 Å². The molecule has 110 valence electrons. The Morgan fingerprint density at radius 3 is 2.52 bits per heavy atom. The number of nitrogens with one attached hydrogen (secondary N) is 1. The number of aliphatic hydroxyl groups excluding tert-OH is 1. The number of carboxylic acids is 1. The number of nitrogens with zero attached hydrogens (tertiary/aromatic N) is 4. The standard InChI is InChI=1S/C11H11N5O5/c17-6-5-12-10-9(11(18)19)13-15(14-10)7-1-3-8(4-2-7)16(20)21/h1-4,17H,5-6H2,(H,12,14)(H,18,19). The number of carbonyl (C=O) groups is 1.